The normalized spacial score (nSPS) is 18.3. The summed E-state index contributed by atoms with van der Waals surface area (Å²) in [6, 6.07) is 14.6. The Morgan fingerprint density at radius 3 is 2.43 bits per heavy atom. The summed E-state index contributed by atoms with van der Waals surface area (Å²) in [5.74, 6) is -0.141. The molecule has 3 heterocycles. The maximum atomic E-state index is 12.2. The molecule has 2 amide bonds. The lowest BCUT2D eigenvalue weighted by Gasteiger charge is -2.25. The first-order valence-electron chi connectivity index (χ1n) is 9.33. The van der Waals surface area contributed by atoms with E-state index in [0.29, 0.717) is 16.0 Å². The van der Waals surface area contributed by atoms with Crippen LogP contribution in [0.4, 0.5) is 11.9 Å². The third-order valence-electron chi connectivity index (χ3n) is 5.07. The van der Waals surface area contributed by atoms with Crippen LogP contribution in [0.1, 0.15) is 30.0 Å². The molecular formula is C21H15Cl2N5O2. The van der Waals surface area contributed by atoms with E-state index in [9.17, 15) is 9.59 Å². The second kappa shape index (κ2) is 7.27. The molecule has 2 aliphatic rings. The van der Waals surface area contributed by atoms with Crippen LogP contribution >= 0.6 is 23.2 Å². The summed E-state index contributed by atoms with van der Waals surface area (Å²) in [7, 11) is 0. The lowest BCUT2D eigenvalue weighted by atomic mass is 10.0. The largest absolute Gasteiger partial charge is 0.324 e. The molecule has 1 aromatic heterocycles. The van der Waals surface area contributed by atoms with E-state index in [1.807, 2.05) is 42.5 Å². The van der Waals surface area contributed by atoms with E-state index in [-0.39, 0.29) is 30.6 Å². The van der Waals surface area contributed by atoms with Crippen molar-refractivity contribution in [1.29, 1.82) is 0 Å². The fourth-order valence-corrected chi connectivity index (χ4v) is 4.15. The summed E-state index contributed by atoms with van der Waals surface area (Å²) in [6.07, 6.45) is 2.30. The van der Waals surface area contributed by atoms with E-state index in [0.717, 1.165) is 21.7 Å². The summed E-state index contributed by atoms with van der Waals surface area (Å²) in [5.41, 5.74) is 2.54. The predicted molar refractivity (Wildman–Crippen MR) is 114 cm³/mol. The molecule has 0 radical (unpaired) electrons. The molecular weight excluding hydrogens is 425 g/mol. The Bertz CT molecular complexity index is 1190. The second-order valence-corrected chi connectivity index (χ2v) is 7.83. The number of imide groups is 1. The van der Waals surface area contributed by atoms with Crippen LogP contribution in [-0.2, 0) is 9.59 Å². The summed E-state index contributed by atoms with van der Waals surface area (Å²) < 4.78 is 1.62. The van der Waals surface area contributed by atoms with Gasteiger partial charge in [0, 0.05) is 28.6 Å². The third kappa shape index (κ3) is 3.16. The maximum absolute atomic E-state index is 12.2. The monoisotopic (exact) mass is 439 g/mol. The molecule has 150 valence electrons. The predicted octanol–water partition coefficient (Wildman–Crippen LogP) is 4.29. The van der Waals surface area contributed by atoms with Crippen molar-refractivity contribution in [3.63, 3.8) is 0 Å². The lowest BCUT2D eigenvalue weighted by Crippen LogP contribution is -2.29. The SMILES string of the molecule is O=C1CCC(=O)N1c1nc2n(n1)[C@@H](c1ccc(Cl)cc1Cl)C=C(c1ccccc1)N2. The number of benzene rings is 2. The number of allylic oxidation sites excluding steroid dienone is 1. The summed E-state index contributed by atoms with van der Waals surface area (Å²) in [6.45, 7) is 0. The molecule has 9 heteroatoms. The van der Waals surface area contributed by atoms with Gasteiger partial charge in [0.15, 0.2) is 0 Å². The van der Waals surface area contributed by atoms with Crippen molar-refractivity contribution in [1.82, 2.24) is 14.8 Å². The smallest absolute Gasteiger partial charge is 0.260 e. The molecule has 2 aliphatic heterocycles. The topological polar surface area (TPSA) is 80.1 Å². The first-order valence-corrected chi connectivity index (χ1v) is 10.1. The number of hydrogen-bond acceptors (Lipinski definition) is 5. The fourth-order valence-electron chi connectivity index (χ4n) is 3.63. The molecule has 3 aromatic rings. The number of carbonyl (C=O) groups excluding carboxylic acids is 2. The van der Waals surface area contributed by atoms with Gasteiger partial charge >= 0.3 is 0 Å². The number of hydrogen-bond donors (Lipinski definition) is 1. The molecule has 0 aliphatic carbocycles. The van der Waals surface area contributed by atoms with Crippen LogP contribution in [-0.4, -0.2) is 26.6 Å². The number of aromatic nitrogens is 3. The minimum absolute atomic E-state index is 0.0581. The van der Waals surface area contributed by atoms with Crippen LogP contribution in [0.2, 0.25) is 10.0 Å². The maximum Gasteiger partial charge on any atom is 0.260 e. The highest BCUT2D eigenvalue weighted by Gasteiger charge is 2.36. The van der Waals surface area contributed by atoms with E-state index in [2.05, 4.69) is 15.4 Å². The van der Waals surface area contributed by atoms with E-state index in [1.54, 1.807) is 16.8 Å². The number of carbonyl (C=O) groups is 2. The zero-order chi connectivity index (χ0) is 20.8. The summed E-state index contributed by atoms with van der Waals surface area (Å²) >= 11 is 12.6. The highest BCUT2D eigenvalue weighted by molar-refractivity contribution is 6.35. The molecule has 0 bridgehead atoms. The highest BCUT2D eigenvalue weighted by atomic mass is 35.5. The zero-order valence-electron chi connectivity index (χ0n) is 15.5. The van der Waals surface area contributed by atoms with Gasteiger partial charge in [0.2, 0.25) is 17.8 Å². The number of fused-ring (bicyclic) bond motifs is 1. The Morgan fingerprint density at radius 1 is 1.00 bits per heavy atom. The Labute approximate surface area is 181 Å². The van der Waals surface area contributed by atoms with E-state index in [4.69, 9.17) is 23.2 Å². The van der Waals surface area contributed by atoms with Gasteiger partial charge in [0.05, 0.1) is 0 Å². The van der Waals surface area contributed by atoms with Crippen molar-refractivity contribution >= 4 is 52.6 Å². The summed E-state index contributed by atoms with van der Waals surface area (Å²) in [5, 5.41) is 8.73. The molecule has 1 saturated heterocycles. The van der Waals surface area contributed by atoms with Gasteiger partial charge in [-0.05, 0) is 29.3 Å². The fraction of sp³-hybridized carbons (Fsp3) is 0.143. The molecule has 1 fully saturated rings. The van der Waals surface area contributed by atoms with Crippen molar-refractivity contribution < 1.29 is 9.59 Å². The minimum Gasteiger partial charge on any atom is -0.324 e. The molecule has 7 nitrogen and oxygen atoms in total. The third-order valence-corrected chi connectivity index (χ3v) is 5.63. The van der Waals surface area contributed by atoms with Gasteiger partial charge in [-0.1, -0.05) is 59.6 Å². The van der Waals surface area contributed by atoms with Gasteiger partial charge in [-0.2, -0.15) is 4.98 Å². The molecule has 0 unspecified atom stereocenters. The zero-order valence-corrected chi connectivity index (χ0v) is 17.1. The van der Waals surface area contributed by atoms with Crippen LogP contribution in [0, 0.1) is 0 Å². The molecule has 0 saturated carbocycles. The van der Waals surface area contributed by atoms with Crippen LogP contribution in [0.25, 0.3) is 5.70 Å². The number of rotatable bonds is 3. The first kappa shape index (κ1) is 18.8. The van der Waals surface area contributed by atoms with Crippen molar-refractivity contribution in [2.75, 3.05) is 10.2 Å². The quantitative estimate of drug-likeness (QED) is 0.615. The molecule has 0 spiro atoms. The Balaban J connectivity index is 1.64. The van der Waals surface area contributed by atoms with Gasteiger partial charge in [0.1, 0.15) is 6.04 Å². The van der Waals surface area contributed by atoms with Gasteiger partial charge in [-0.25, -0.2) is 9.58 Å². The number of anilines is 2. The van der Waals surface area contributed by atoms with Crippen molar-refractivity contribution in [2.45, 2.75) is 18.9 Å². The Hall–Kier alpha value is -3.16. The van der Waals surface area contributed by atoms with Crippen LogP contribution in [0.5, 0.6) is 0 Å². The van der Waals surface area contributed by atoms with E-state index in [1.165, 1.54) is 0 Å². The molecule has 5 rings (SSSR count). The van der Waals surface area contributed by atoms with Crippen molar-refractivity contribution in [2.24, 2.45) is 0 Å². The van der Waals surface area contributed by atoms with Gasteiger partial charge in [-0.3, -0.25) is 9.59 Å². The molecule has 2 aromatic carbocycles. The van der Waals surface area contributed by atoms with Gasteiger partial charge in [0.25, 0.3) is 5.95 Å². The highest BCUT2D eigenvalue weighted by Crippen LogP contribution is 2.37. The number of halogens is 2. The Kier molecular flexibility index (Phi) is 4.56. The molecule has 1 atom stereocenters. The standard InChI is InChI=1S/C21H15Cl2N5O2/c22-13-6-7-14(15(23)10-13)17-11-16(12-4-2-1-3-5-12)24-20-25-21(26-28(17)20)27-18(29)8-9-19(27)30/h1-7,10-11,17H,8-9H2,(H,24,25,26)/t17-/m1/s1. The first-order chi connectivity index (χ1) is 14.5. The van der Waals surface area contributed by atoms with Crippen LogP contribution in [0.3, 0.4) is 0 Å². The van der Waals surface area contributed by atoms with Crippen molar-refractivity contribution in [3.05, 3.63) is 75.8 Å². The lowest BCUT2D eigenvalue weighted by molar-refractivity contribution is -0.121. The average molecular weight is 440 g/mol. The number of amides is 2. The van der Waals surface area contributed by atoms with E-state index < -0.39 is 6.04 Å². The van der Waals surface area contributed by atoms with Crippen molar-refractivity contribution in [3.8, 4) is 0 Å². The number of nitrogens with zero attached hydrogens (tertiary/aromatic N) is 4. The molecule has 30 heavy (non-hydrogen) atoms. The van der Waals surface area contributed by atoms with E-state index >= 15 is 0 Å². The van der Waals surface area contributed by atoms with Crippen LogP contribution in [0.15, 0.2) is 54.6 Å². The minimum atomic E-state index is -0.407. The summed E-state index contributed by atoms with van der Waals surface area (Å²) in [4.78, 5) is 29.8. The average Bonchev–Trinajstić information content (AvgIpc) is 3.30. The molecule has 1 N–H and O–H groups in total. The Morgan fingerprint density at radius 2 is 1.73 bits per heavy atom. The second-order valence-electron chi connectivity index (χ2n) is 6.98. The van der Waals surface area contributed by atoms with Crippen LogP contribution < -0.4 is 10.2 Å². The number of nitrogens with one attached hydrogen (secondary N) is 1. The van der Waals surface area contributed by atoms with Gasteiger partial charge in [-0.15, -0.1) is 5.10 Å². The van der Waals surface area contributed by atoms with Gasteiger partial charge < -0.3 is 5.32 Å².